The van der Waals surface area contributed by atoms with Crippen LogP contribution in [0.5, 0.6) is 0 Å². The molecule has 1 N–H and O–H groups in total. The highest BCUT2D eigenvalue weighted by molar-refractivity contribution is 5.74. The first-order valence-corrected chi connectivity index (χ1v) is 4.18. The Hall–Kier alpha value is -1.83. The fraction of sp³-hybridized carbons (Fsp3) is 0. The van der Waals surface area contributed by atoms with Gasteiger partial charge in [-0.2, -0.15) is 0 Å². The summed E-state index contributed by atoms with van der Waals surface area (Å²) in [4.78, 5) is 4.16. The third-order valence-electron chi connectivity index (χ3n) is 1.73. The van der Waals surface area contributed by atoms with Gasteiger partial charge in [0.05, 0.1) is 0 Å². The highest BCUT2D eigenvalue weighted by Crippen LogP contribution is 2.06. The Kier molecular flexibility index (Phi) is 2.23. The van der Waals surface area contributed by atoms with Crippen molar-refractivity contribution in [1.29, 1.82) is 0 Å². The zero-order chi connectivity index (χ0) is 8.93. The molecule has 1 heterocycles. The van der Waals surface area contributed by atoms with Gasteiger partial charge in [0.15, 0.2) is 0 Å². The van der Waals surface area contributed by atoms with E-state index in [1.54, 1.807) is 6.21 Å². The second-order valence-corrected chi connectivity index (χ2v) is 2.72. The molecule has 1 aromatic carbocycles. The average molecular weight is 170 g/mol. The second kappa shape index (κ2) is 3.72. The number of hydrogen-bond acceptors (Lipinski definition) is 2. The summed E-state index contributed by atoms with van der Waals surface area (Å²) in [7, 11) is 0. The van der Waals surface area contributed by atoms with Crippen molar-refractivity contribution >= 4 is 12.3 Å². The van der Waals surface area contributed by atoms with Crippen LogP contribution in [-0.4, -0.2) is 6.21 Å². The van der Waals surface area contributed by atoms with Crippen LogP contribution in [0, 0.1) is 0 Å². The van der Waals surface area contributed by atoms with E-state index in [-0.39, 0.29) is 0 Å². The summed E-state index contributed by atoms with van der Waals surface area (Å²) >= 11 is 0. The van der Waals surface area contributed by atoms with Crippen LogP contribution in [0.2, 0.25) is 0 Å². The third kappa shape index (κ3) is 2.06. The van der Waals surface area contributed by atoms with Gasteiger partial charge in [-0.05, 0) is 17.7 Å². The van der Waals surface area contributed by atoms with Gasteiger partial charge in [0.25, 0.3) is 0 Å². The van der Waals surface area contributed by atoms with Gasteiger partial charge in [0.1, 0.15) is 5.82 Å². The van der Waals surface area contributed by atoms with E-state index in [0.29, 0.717) is 0 Å². The second-order valence-electron chi connectivity index (χ2n) is 2.72. The maximum Gasteiger partial charge on any atom is 0.130 e. The maximum atomic E-state index is 4.16. The molecule has 1 aromatic rings. The molecule has 13 heavy (non-hydrogen) atoms. The number of aliphatic imine (C=N–C) groups is 1. The molecule has 1 aliphatic rings. The number of rotatable bonds is 1. The lowest BCUT2D eigenvalue weighted by Crippen LogP contribution is -2.05. The molecule has 1 aliphatic heterocycles. The summed E-state index contributed by atoms with van der Waals surface area (Å²) in [5.74, 6) is 0.869. The van der Waals surface area contributed by atoms with Crippen molar-refractivity contribution in [2.45, 2.75) is 0 Å². The lowest BCUT2D eigenvalue weighted by molar-refractivity contribution is 1.03. The van der Waals surface area contributed by atoms with Crippen LogP contribution in [0.25, 0.3) is 6.08 Å². The Bertz CT molecular complexity index is 361. The minimum atomic E-state index is 0.869. The normalized spacial score (nSPS) is 17.4. The Labute approximate surface area is 77.3 Å². The van der Waals surface area contributed by atoms with Gasteiger partial charge < -0.3 is 5.32 Å². The van der Waals surface area contributed by atoms with Gasteiger partial charge in [-0.1, -0.05) is 30.3 Å². The van der Waals surface area contributed by atoms with Crippen LogP contribution in [0.4, 0.5) is 0 Å². The zero-order valence-corrected chi connectivity index (χ0v) is 7.14. The lowest BCUT2D eigenvalue weighted by Gasteiger charge is -2.03. The molecule has 2 rings (SSSR count). The number of nitrogens with one attached hydrogen (secondary N) is 1. The molecule has 2 nitrogen and oxygen atoms in total. The highest BCUT2D eigenvalue weighted by atomic mass is 15.0. The van der Waals surface area contributed by atoms with E-state index in [0.717, 1.165) is 11.4 Å². The van der Waals surface area contributed by atoms with Crippen molar-refractivity contribution in [3.8, 4) is 0 Å². The molecular formula is C11H10N2. The fourth-order valence-corrected chi connectivity index (χ4v) is 1.12. The van der Waals surface area contributed by atoms with E-state index in [1.807, 2.05) is 48.7 Å². The van der Waals surface area contributed by atoms with Gasteiger partial charge in [0.2, 0.25) is 0 Å². The van der Waals surface area contributed by atoms with E-state index in [9.17, 15) is 0 Å². The van der Waals surface area contributed by atoms with Crippen molar-refractivity contribution < 1.29 is 0 Å². The molecule has 0 spiro atoms. The Balaban J connectivity index is 2.21. The fourth-order valence-electron chi connectivity index (χ4n) is 1.12. The summed E-state index contributed by atoms with van der Waals surface area (Å²) < 4.78 is 0. The number of allylic oxidation sites excluding steroid dienone is 1. The SMILES string of the molecule is C1=CNC(=Cc2ccccc2)N=C1. The Morgan fingerprint density at radius 1 is 1.15 bits per heavy atom. The van der Waals surface area contributed by atoms with Crippen molar-refractivity contribution in [2.75, 3.05) is 0 Å². The first kappa shape index (κ1) is 7.80. The molecule has 0 atom stereocenters. The van der Waals surface area contributed by atoms with Gasteiger partial charge in [-0.15, -0.1) is 0 Å². The summed E-state index contributed by atoms with van der Waals surface area (Å²) in [5.41, 5.74) is 1.15. The molecule has 0 amide bonds. The monoisotopic (exact) mass is 170 g/mol. The van der Waals surface area contributed by atoms with Crippen LogP contribution in [0.15, 0.2) is 53.4 Å². The minimum absolute atomic E-state index is 0.869. The average Bonchev–Trinajstić information content (AvgIpc) is 2.21. The number of nitrogens with zero attached hydrogens (tertiary/aromatic N) is 1. The molecular weight excluding hydrogens is 160 g/mol. The van der Waals surface area contributed by atoms with E-state index in [1.165, 1.54) is 0 Å². The molecule has 0 aromatic heterocycles. The predicted molar refractivity (Wildman–Crippen MR) is 55.2 cm³/mol. The first-order valence-electron chi connectivity index (χ1n) is 4.18. The topological polar surface area (TPSA) is 24.4 Å². The molecule has 0 aliphatic carbocycles. The van der Waals surface area contributed by atoms with Crippen LogP contribution in [-0.2, 0) is 0 Å². The predicted octanol–water partition coefficient (Wildman–Crippen LogP) is 2.17. The van der Waals surface area contributed by atoms with E-state index < -0.39 is 0 Å². The largest absolute Gasteiger partial charge is 0.347 e. The molecule has 0 saturated carbocycles. The van der Waals surface area contributed by atoms with Crippen LogP contribution in [0.3, 0.4) is 0 Å². The molecule has 2 heteroatoms. The smallest absolute Gasteiger partial charge is 0.130 e. The Morgan fingerprint density at radius 2 is 2.00 bits per heavy atom. The molecule has 0 saturated heterocycles. The van der Waals surface area contributed by atoms with Crippen LogP contribution < -0.4 is 5.32 Å². The third-order valence-corrected chi connectivity index (χ3v) is 1.73. The van der Waals surface area contributed by atoms with Crippen molar-refractivity contribution in [1.82, 2.24) is 5.32 Å². The van der Waals surface area contributed by atoms with E-state index in [4.69, 9.17) is 0 Å². The minimum Gasteiger partial charge on any atom is -0.347 e. The zero-order valence-electron chi connectivity index (χ0n) is 7.14. The van der Waals surface area contributed by atoms with Crippen LogP contribution in [0.1, 0.15) is 5.56 Å². The van der Waals surface area contributed by atoms with Gasteiger partial charge >= 0.3 is 0 Å². The Morgan fingerprint density at radius 3 is 2.69 bits per heavy atom. The lowest BCUT2D eigenvalue weighted by atomic mass is 10.2. The van der Waals surface area contributed by atoms with Crippen molar-refractivity contribution in [3.63, 3.8) is 0 Å². The standard InChI is InChI=1S/C11H10N2/c1-2-5-10(6-3-1)9-11-12-7-4-8-13-11/h1-9,12H. The van der Waals surface area contributed by atoms with Gasteiger partial charge in [-0.3, -0.25) is 0 Å². The van der Waals surface area contributed by atoms with E-state index in [2.05, 4.69) is 10.3 Å². The quantitative estimate of drug-likeness (QED) is 0.686. The number of benzene rings is 1. The van der Waals surface area contributed by atoms with Crippen LogP contribution >= 0.6 is 0 Å². The summed E-state index contributed by atoms with van der Waals surface area (Å²) in [6.07, 6.45) is 7.50. The summed E-state index contributed by atoms with van der Waals surface area (Å²) in [5, 5.41) is 3.05. The first-order chi connectivity index (χ1) is 6.45. The van der Waals surface area contributed by atoms with Gasteiger partial charge in [-0.25, -0.2) is 4.99 Å². The molecule has 0 unspecified atom stereocenters. The molecule has 64 valence electrons. The molecule has 0 radical (unpaired) electrons. The van der Waals surface area contributed by atoms with Crippen molar-refractivity contribution in [2.24, 2.45) is 4.99 Å². The number of hydrogen-bond donors (Lipinski definition) is 1. The summed E-state index contributed by atoms with van der Waals surface area (Å²) in [6.45, 7) is 0. The van der Waals surface area contributed by atoms with Crippen molar-refractivity contribution in [3.05, 3.63) is 54.0 Å². The molecule has 0 fully saturated rings. The highest BCUT2D eigenvalue weighted by Gasteiger charge is 1.93. The summed E-state index contributed by atoms with van der Waals surface area (Å²) in [6, 6.07) is 10.1. The van der Waals surface area contributed by atoms with E-state index >= 15 is 0 Å². The molecule has 0 bridgehead atoms. The van der Waals surface area contributed by atoms with Gasteiger partial charge in [0, 0.05) is 12.4 Å². The maximum absolute atomic E-state index is 4.16.